The molecule has 1 aliphatic rings. The van der Waals surface area contributed by atoms with Gasteiger partial charge >= 0.3 is 0 Å². The van der Waals surface area contributed by atoms with Gasteiger partial charge in [0, 0.05) is 5.54 Å². The number of nitrogens with one attached hydrogen (secondary N) is 1. The Morgan fingerprint density at radius 3 is 2.15 bits per heavy atom. The van der Waals surface area contributed by atoms with E-state index in [4.69, 9.17) is 4.74 Å². The van der Waals surface area contributed by atoms with E-state index in [1.54, 1.807) is 0 Å². The van der Waals surface area contributed by atoms with Crippen LogP contribution in [-0.4, -0.2) is 18.8 Å². The first kappa shape index (κ1) is 15.5. The van der Waals surface area contributed by atoms with E-state index in [2.05, 4.69) is 65.9 Å². The highest BCUT2D eigenvalue weighted by molar-refractivity contribution is 5.42. The van der Waals surface area contributed by atoms with E-state index in [0.717, 1.165) is 13.2 Å². The van der Waals surface area contributed by atoms with E-state index in [1.807, 2.05) is 0 Å². The molecule has 1 aliphatic heterocycles. The van der Waals surface area contributed by atoms with Crippen molar-refractivity contribution in [1.82, 2.24) is 5.32 Å². The molecule has 1 N–H and O–H groups in total. The van der Waals surface area contributed by atoms with Crippen LogP contribution in [0.1, 0.15) is 62.9 Å². The zero-order chi connectivity index (χ0) is 15.1. The fraction of sp³-hybridized carbons (Fsp3) is 0.667. The van der Waals surface area contributed by atoms with E-state index < -0.39 is 0 Å². The maximum absolute atomic E-state index is 5.80. The molecular formula is C18H29NO. The average molecular weight is 275 g/mol. The van der Waals surface area contributed by atoms with Crippen molar-refractivity contribution in [1.29, 1.82) is 0 Å². The highest BCUT2D eigenvalue weighted by Gasteiger charge is 2.30. The molecule has 20 heavy (non-hydrogen) atoms. The number of benzene rings is 1. The molecule has 112 valence electrons. The summed E-state index contributed by atoms with van der Waals surface area (Å²) in [5.74, 6) is 0. The van der Waals surface area contributed by atoms with Gasteiger partial charge < -0.3 is 10.1 Å². The molecule has 0 aliphatic carbocycles. The van der Waals surface area contributed by atoms with E-state index in [9.17, 15) is 0 Å². The van der Waals surface area contributed by atoms with Crippen molar-refractivity contribution >= 4 is 0 Å². The zero-order valence-corrected chi connectivity index (χ0v) is 14.1. The summed E-state index contributed by atoms with van der Waals surface area (Å²) in [5, 5.41) is 3.72. The molecule has 0 amide bonds. The van der Waals surface area contributed by atoms with Crippen LogP contribution in [0.5, 0.6) is 0 Å². The number of ether oxygens (including phenoxy) is 1. The van der Waals surface area contributed by atoms with Crippen LogP contribution < -0.4 is 5.32 Å². The molecule has 1 heterocycles. The highest BCUT2D eigenvalue weighted by atomic mass is 16.5. The maximum Gasteiger partial charge on any atom is 0.0662 e. The lowest BCUT2D eigenvalue weighted by molar-refractivity contribution is 0.0124. The smallest absolute Gasteiger partial charge is 0.0662 e. The minimum absolute atomic E-state index is 0.0461. The van der Waals surface area contributed by atoms with Gasteiger partial charge in [0.1, 0.15) is 0 Å². The lowest BCUT2D eigenvalue weighted by Crippen LogP contribution is -2.51. The third-order valence-electron chi connectivity index (χ3n) is 4.12. The number of aryl methyl sites for hydroxylation is 2. The van der Waals surface area contributed by atoms with Crippen LogP contribution >= 0.6 is 0 Å². The first-order valence-corrected chi connectivity index (χ1v) is 7.57. The van der Waals surface area contributed by atoms with Gasteiger partial charge in [-0.2, -0.15) is 0 Å². The normalized spacial score (nSPS) is 22.9. The van der Waals surface area contributed by atoms with Crippen LogP contribution in [0.2, 0.25) is 0 Å². The lowest BCUT2D eigenvalue weighted by Gasteiger charge is -2.38. The molecule has 0 aromatic heterocycles. The van der Waals surface area contributed by atoms with Gasteiger partial charge in [-0.25, -0.2) is 0 Å². The summed E-state index contributed by atoms with van der Waals surface area (Å²) in [6.45, 7) is 17.2. The van der Waals surface area contributed by atoms with Gasteiger partial charge in [0.05, 0.1) is 19.3 Å². The van der Waals surface area contributed by atoms with Gasteiger partial charge in [-0.15, -0.1) is 0 Å². The largest absolute Gasteiger partial charge is 0.378 e. The molecule has 1 atom stereocenters. The highest BCUT2D eigenvalue weighted by Crippen LogP contribution is 2.32. The summed E-state index contributed by atoms with van der Waals surface area (Å²) in [6.07, 6.45) is 0. The third-order valence-corrected chi connectivity index (χ3v) is 4.12. The Labute approximate surface area is 123 Å². The predicted molar refractivity (Wildman–Crippen MR) is 85.4 cm³/mol. The predicted octanol–water partition coefficient (Wildman–Crippen LogP) is 4.04. The molecule has 1 unspecified atom stereocenters. The molecular weight excluding hydrogens is 246 g/mol. The molecule has 0 bridgehead atoms. The van der Waals surface area contributed by atoms with Gasteiger partial charge in [0.2, 0.25) is 0 Å². The summed E-state index contributed by atoms with van der Waals surface area (Å²) in [4.78, 5) is 0. The topological polar surface area (TPSA) is 21.3 Å². The van der Waals surface area contributed by atoms with Crippen LogP contribution in [0.4, 0.5) is 0 Å². The van der Waals surface area contributed by atoms with Gasteiger partial charge in [-0.05, 0) is 55.4 Å². The third kappa shape index (κ3) is 3.24. The zero-order valence-electron chi connectivity index (χ0n) is 14.1. The van der Waals surface area contributed by atoms with Crippen molar-refractivity contribution in [2.75, 3.05) is 13.2 Å². The molecule has 0 spiro atoms. The fourth-order valence-electron chi connectivity index (χ4n) is 3.10. The van der Waals surface area contributed by atoms with Crippen molar-refractivity contribution in [3.8, 4) is 0 Å². The van der Waals surface area contributed by atoms with Crippen LogP contribution in [0.15, 0.2) is 12.1 Å². The van der Waals surface area contributed by atoms with Crippen LogP contribution in [0, 0.1) is 13.8 Å². The number of hydrogen-bond donors (Lipinski definition) is 1. The Kier molecular flexibility index (Phi) is 4.01. The second-order valence-electron chi connectivity index (χ2n) is 7.87. The molecule has 1 aromatic rings. The van der Waals surface area contributed by atoms with E-state index >= 15 is 0 Å². The van der Waals surface area contributed by atoms with E-state index in [0.29, 0.717) is 6.04 Å². The number of hydrogen-bond acceptors (Lipinski definition) is 2. The summed E-state index contributed by atoms with van der Waals surface area (Å²) in [7, 11) is 0. The first-order valence-electron chi connectivity index (χ1n) is 7.57. The minimum Gasteiger partial charge on any atom is -0.378 e. The Hall–Kier alpha value is -0.860. The molecule has 0 saturated carbocycles. The van der Waals surface area contributed by atoms with Crippen molar-refractivity contribution in [3.05, 3.63) is 34.4 Å². The quantitative estimate of drug-likeness (QED) is 0.835. The summed E-state index contributed by atoms with van der Waals surface area (Å²) >= 11 is 0. The molecule has 1 saturated heterocycles. The Morgan fingerprint density at radius 1 is 1.15 bits per heavy atom. The number of rotatable bonds is 1. The Morgan fingerprint density at radius 2 is 1.70 bits per heavy atom. The summed E-state index contributed by atoms with van der Waals surface area (Å²) in [6, 6.07) is 4.98. The molecule has 0 radical (unpaired) electrons. The molecule has 1 fully saturated rings. The summed E-state index contributed by atoms with van der Waals surface area (Å²) < 4.78 is 5.80. The average Bonchev–Trinajstić information content (AvgIpc) is 2.25. The Balaban J connectivity index is 2.38. The SMILES string of the molecule is Cc1cc(C(C)(C)C)cc(C)c1C1COCC(C)(C)N1. The number of morpholine rings is 1. The van der Waals surface area contributed by atoms with Gasteiger partial charge in [0.15, 0.2) is 0 Å². The van der Waals surface area contributed by atoms with Crippen LogP contribution in [-0.2, 0) is 10.2 Å². The Bertz CT molecular complexity index is 474. The monoisotopic (exact) mass is 275 g/mol. The molecule has 2 nitrogen and oxygen atoms in total. The van der Waals surface area contributed by atoms with Crippen LogP contribution in [0.25, 0.3) is 0 Å². The molecule has 2 heteroatoms. The second-order valence-corrected chi connectivity index (χ2v) is 7.87. The van der Waals surface area contributed by atoms with E-state index in [1.165, 1.54) is 22.3 Å². The van der Waals surface area contributed by atoms with Crippen LogP contribution in [0.3, 0.4) is 0 Å². The standard InChI is InChI=1S/C18H29NO/c1-12-8-14(17(3,4)5)9-13(2)16(12)15-10-20-11-18(6,7)19-15/h8-9,15,19H,10-11H2,1-7H3. The fourth-order valence-corrected chi connectivity index (χ4v) is 3.10. The molecule has 2 rings (SSSR count). The van der Waals surface area contributed by atoms with Gasteiger partial charge in [0.25, 0.3) is 0 Å². The summed E-state index contributed by atoms with van der Waals surface area (Å²) in [5.41, 5.74) is 5.80. The lowest BCUT2D eigenvalue weighted by atomic mass is 9.82. The van der Waals surface area contributed by atoms with Gasteiger partial charge in [-0.1, -0.05) is 32.9 Å². The van der Waals surface area contributed by atoms with Gasteiger partial charge in [-0.3, -0.25) is 0 Å². The first-order chi connectivity index (χ1) is 9.10. The second kappa shape index (κ2) is 5.16. The van der Waals surface area contributed by atoms with Crippen molar-refractivity contribution in [3.63, 3.8) is 0 Å². The van der Waals surface area contributed by atoms with Crippen molar-refractivity contribution in [2.45, 2.75) is 65.5 Å². The maximum atomic E-state index is 5.80. The van der Waals surface area contributed by atoms with E-state index in [-0.39, 0.29) is 11.0 Å². The molecule has 1 aromatic carbocycles. The van der Waals surface area contributed by atoms with Crippen molar-refractivity contribution in [2.24, 2.45) is 0 Å². The minimum atomic E-state index is 0.0461. The van der Waals surface area contributed by atoms with Crippen molar-refractivity contribution < 1.29 is 4.74 Å².